The summed E-state index contributed by atoms with van der Waals surface area (Å²) in [5.74, 6) is 0.200. The summed E-state index contributed by atoms with van der Waals surface area (Å²) in [5.41, 5.74) is 14.6. The van der Waals surface area contributed by atoms with Crippen molar-refractivity contribution in [1.29, 1.82) is 0 Å². The van der Waals surface area contributed by atoms with Crippen LogP contribution >= 0.6 is 11.8 Å². The van der Waals surface area contributed by atoms with Crippen molar-refractivity contribution in [2.45, 2.75) is 16.7 Å². The predicted molar refractivity (Wildman–Crippen MR) is 228 cm³/mol. The Bertz CT molecular complexity index is 2490. The Labute approximate surface area is 322 Å². The topological polar surface area (TPSA) is 37.8 Å². The van der Waals surface area contributed by atoms with Crippen LogP contribution in [0.15, 0.2) is 193 Å². The van der Waals surface area contributed by atoms with Gasteiger partial charge >= 0.3 is 0 Å². The highest BCUT2D eigenvalue weighted by atomic mass is 32.2. The van der Waals surface area contributed by atoms with Crippen molar-refractivity contribution in [3.8, 4) is 33.6 Å². The van der Waals surface area contributed by atoms with Gasteiger partial charge in [0.05, 0.1) is 16.8 Å². The molecule has 0 saturated carbocycles. The van der Waals surface area contributed by atoms with E-state index in [2.05, 4.69) is 174 Å². The Morgan fingerprint density at radius 1 is 0.759 bits per heavy atom. The third kappa shape index (κ3) is 6.09. The lowest BCUT2D eigenvalue weighted by molar-refractivity contribution is 0.762. The predicted octanol–water partition coefficient (Wildman–Crippen LogP) is 12.6. The van der Waals surface area contributed by atoms with Crippen LogP contribution in [-0.4, -0.2) is 16.5 Å². The number of rotatable bonds is 6. The van der Waals surface area contributed by atoms with Crippen LogP contribution in [0.1, 0.15) is 34.2 Å². The highest BCUT2D eigenvalue weighted by molar-refractivity contribution is 8.02. The van der Waals surface area contributed by atoms with Gasteiger partial charge in [-0.1, -0.05) is 176 Å². The third-order valence-corrected chi connectivity index (χ3v) is 11.6. The molecule has 0 saturated heterocycles. The van der Waals surface area contributed by atoms with Crippen molar-refractivity contribution in [1.82, 2.24) is 9.97 Å². The van der Waals surface area contributed by atoms with Crippen molar-refractivity contribution in [3.63, 3.8) is 0 Å². The second kappa shape index (κ2) is 14.7. The molecule has 5 aromatic carbocycles. The maximum Gasteiger partial charge on any atom is 0.116 e. The lowest BCUT2D eigenvalue weighted by Gasteiger charge is -2.32. The molecule has 0 amide bonds. The Hall–Kier alpha value is -6.23. The van der Waals surface area contributed by atoms with Crippen molar-refractivity contribution in [3.05, 3.63) is 216 Å². The number of anilines is 1. The molecule has 3 nitrogen and oxygen atoms in total. The number of allylic oxidation sites excluding steroid dienone is 8. The zero-order valence-corrected chi connectivity index (χ0v) is 30.7. The zero-order chi connectivity index (χ0) is 36.3. The summed E-state index contributed by atoms with van der Waals surface area (Å²) in [7, 11) is 0. The van der Waals surface area contributed by atoms with Gasteiger partial charge in [0, 0.05) is 33.8 Å². The minimum Gasteiger partial charge on any atom is -0.381 e. The number of benzene rings is 5. The normalized spacial score (nSPS) is 17.9. The van der Waals surface area contributed by atoms with Crippen LogP contribution in [0.3, 0.4) is 0 Å². The zero-order valence-electron chi connectivity index (χ0n) is 29.9. The second-order valence-electron chi connectivity index (χ2n) is 13.8. The van der Waals surface area contributed by atoms with Gasteiger partial charge in [0.25, 0.3) is 0 Å². The highest BCUT2D eigenvalue weighted by Gasteiger charge is 2.44. The van der Waals surface area contributed by atoms with E-state index in [4.69, 9.17) is 4.98 Å². The fourth-order valence-corrected chi connectivity index (χ4v) is 9.10. The maximum atomic E-state index is 4.75. The lowest BCUT2D eigenvalue weighted by Crippen LogP contribution is -2.25. The van der Waals surface area contributed by atoms with Crippen molar-refractivity contribution < 1.29 is 0 Å². The van der Waals surface area contributed by atoms with E-state index in [1.165, 1.54) is 43.8 Å². The van der Waals surface area contributed by atoms with Crippen LogP contribution in [0.2, 0.25) is 0 Å². The minimum atomic E-state index is -0.446. The summed E-state index contributed by atoms with van der Waals surface area (Å²) in [6, 6.07) is 43.5. The van der Waals surface area contributed by atoms with E-state index in [-0.39, 0.29) is 5.92 Å². The SMILES string of the molecule is C=C/C(=C\C=C\C1/C=C/Sc2cc(-c3cc(-c4ccccc4)ncn3)ccc2C2(/C=C/C1)c1ccccc1-c1ccccc12)c1cccc2c1C=CCN2. The standard InChI is InChI=1S/C50H39N3S/c1-2-36(39-21-11-25-46-42(39)22-13-30-51-46)18-10-14-35-15-12-29-50(43-23-8-6-19-40(43)41-20-7-9-24-44(41)50)45-27-26-38(32-49(45)54-31-28-35)48-33-47(52-34-53-48)37-16-4-3-5-17-37/h2-14,16-29,31-35,51H,1,15,30H2/b14-10+,29-12+,31-28+,36-18+. The first-order chi connectivity index (χ1) is 26.7. The van der Waals surface area contributed by atoms with Crippen LogP contribution in [0.5, 0.6) is 0 Å². The number of hydrogen-bond acceptors (Lipinski definition) is 4. The van der Waals surface area contributed by atoms with E-state index < -0.39 is 5.41 Å². The smallest absolute Gasteiger partial charge is 0.116 e. The summed E-state index contributed by atoms with van der Waals surface area (Å²) in [4.78, 5) is 10.6. The summed E-state index contributed by atoms with van der Waals surface area (Å²) in [5, 5.41) is 5.76. The molecule has 0 radical (unpaired) electrons. The Morgan fingerprint density at radius 3 is 2.31 bits per heavy atom. The molecule has 4 heteroatoms. The number of nitrogens with one attached hydrogen (secondary N) is 1. The second-order valence-corrected chi connectivity index (χ2v) is 14.7. The van der Waals surface area contributed by atoms with Crippen LogP contribution in [0.4, 0.5) is 5.69 Å². The minimum absolute atomic E-state index is 0.200. The van der Waals surface area contributed by atoms with Crippen LogP contribution in [-0.2, 0) is 5.41 Å². The molecule has 0 bridgehead atoms. The van der Waals surface area contributed by atoms with Gasteiger partial charge < -0.3 is 5.32 Å². The summed E-state index contributed by atoms with van der Waals surface area (Å²) < 4.78 is 0. The van der Waals surface area contributed by atoms with E-state index in [9.17, 15) is 0 Å². The fraction of sp³-hybridized carbons (Fsp3) is 0.0800. The molecule has 1 N–H and O–H groups in total. The van der Waals surface area contributed by atoms with E-state index in [0.29, 0.717) is 0 Å². The molecule has 0 fully saturated rings. The van der Waals surface area contributed by atoms with Gasteiger partial charge in [-0.15, -0.1) is 0 Å². The first kappa shape index (κ1) is 33.6. The van der Waals surface area contributed by atoms with E-state index in [1.807, 2.05) is 24.3 Å². The molecule has 1 aliphatic carbocycles. The molecule has 9 rings (SSSR count). The third-order valence-electron chi connectivity index (χ3n) is 10.7. The van der Waals surface area contributed by atoms with E-state index >= 15 is 0 Å². The van der Waals surface area contributed by atoms with Crippen LogP contribution < -0.4 is 5.32 Å². The number of hydrogen-bond donors (Lipinski definition) is 1. The van der Waals surface area contributed by atoms with Gasteiger partial charge in [0.1, 0.15) is 6.33 Å². The molecular formula is C50H39N3S. The maximum absolute atomic E-state index is 4.75. The van der Waals surface area contributed by atoms with Gasteiger partial charge in [-0.2, -0.15) is 0 Å². The monoisotopic (exact) mass is 713 g/mol. The van der Waals surface area contributed by atoms with E-state index in [1.54, 1.807) is 18.1 Å². The molecule has 2 aliphatic heterocycles. The number of nitrogens with zero attached hydrogens (tertiary/aromatic N) is 2. The van der Waals surface area contributed by atoms with Crippen molar-refractivity contribution in [2.75, 3.05) is 11.9 Å². The molecule has 3 aliphatic rings. The molecule has 1 aromatic heterocycles. The van der Waals surface area contributed by atoms with Gasteiger partial charge in [0.15, 0.2) is 0 Å². The fourth-order valence-electron chi connectivity index (χ4n) is 8.12. The Kier molecular flexibility index (Phi) is 9.12. The largest absolute Gasteiger partial charge is 0.381 e. The summed E-state index contributed by atoms with van der Waals surface area (Å²) >= 11 is 1.79. The van der Waals surface area contributed by atoms with Crippen molar-refractivity contribution >= 4 is 29.1 Å². The number of aromatic nitrogens is 2. The van der Waals surface area contributed by atoms with Crippen molar-refractivity contribution in [2.24, 2.45) is 5.92 Å². The van der Waals surface area contributed by atoms with E-state index in [0.717, 1.165) is 46.7 Å². The molecule has 6 aromatic rings. The van der Waals surface area contributed by atoms with Crippen LogP contribution in [0.25, 0.3) is 45.3 Å². The molecular weight excluding hydrogens is 675 g/mol. The molecule has 260 valence electrons. The number of fused-ring (bicyclic) bond motifs is 8. The van der Waals surface area contributed by atoms with Gasteiger partial charge in [-0.05, 0) is 74.9 Å². The molecule has 1 atom stereocenters. The average molecular weight is 714 g/mol. The Morgan fingerprint density at radius 2 is 1.52 bits per heavy atom. The van der Waals surface area contributed by atoms with Crippen LogP contribution in [0, 0.1) is 5.92 Å². The molecule has 3 heterocycles. The molecule has 1 spiro atoms. The quantitative estimate of drug-likeness (QED) is 0.138. The number of thioether (sulfide) groups is 1. The highest BCUT2D eigenvalue weighted by Crippen LogP contribution is 2.55. The van der Waals surface area contributed by atoms with Gasteiger partial charge in [-0.3, -0.25) is 0 Å². The first-order valence-electron chi connectivity index (χ1n) is 18.5. The molecule has 1 unspecified atom stereocenters. The van der Waals surface area contributed by atoms with Gasteiger partial charge in [-0.25, -0.2) is 9.97 Å². The Balaban J connectivity index is 1.13. The molecule has 54 heavy (non-hydrogen) atoms. The first-order valence-corrected chi connectivity index (χ1v) is 19.4. The average Bonchev–Trinajstić information content (AvgIpc) is 3.52. The summed E-state index contributed by atoms with van der Waals surface area (Å²) in [6.45, 7) is 5.02. The lowest BCUT2D eigenvalue weighted by atomic mass is 9.71. The van der Waals surface area contributed by atoms with Gasteiger partial charge in [0.2, 0.25) is 0 Å². The summed E-state index contributed by atoms with van der Waals surface area (Å²) in [6.07, 6.45) is 22.8.